The molecule has 0 unspecified atom stereocenters. The van der Waals surface area contributed by atoms with Gasteiger partial charge in [0.15, 0.2) is 11.6 Å². The van der Waals surface area contributed by atoms with Gasteiger partial charge < -0.3 is 9.64 Å². The molecule has 0 N–H and O–H groups in total. The van der Waals surface area contributed by atoms with Crippen molar-refractivity contribution in [2.75, 3.05) is 26.7 Å². The molecular weight excluding hydrogens is 462 g/mol. The van der Waals surface area contributed by atoms with Crippen molar-refractivity contribution in [2.45, 2.75) is 49.5 Å². The Bertz CT molecular complexity index is 1120. The third-order valence-corrected chi connectivity index (χ3v) is 8.76. The zero-order chi connectivity index (χ0) is 24.3. The lowest BCUT2D eigenvalue weighted by molar-refractivity contribution is -0.139. The van der Waals surface area contributed by atoms with Crippen molar-refractivity contribution in [1.82, 2.24) is 9.21 Å². The van der Waals surface area contributed by atoms with Gasteiger partial charge in [0, 0.05) is 25.6 Å². The molecule has 2 fully saturated rings. The smallest absolute Gasteiger partial charge is 0.243 e. The van der Waals surface area contributed by atoms with Crippen LogP contribution in [0.5, 0.6) is 5.75 Å². The second-order valence-electron chi connectivity index (χ2n) is 8.92. The molecule has 2 aromatic rings. The summed E-state index contributed by atoms with van der Waals surface area (Å²) in [5.41, 5.74) is 1.08. The SMILES string of the molecule is COc1ccc([C@H]2CCCCCN2C(=O)C2CCN(S(=O)(=O)c3ccc(F)c(F)c3)CC2)cc1. The van der Waals surface area contributed by atoms with Gasteiger partial charge in [-0.2, -0.15) is 4.31 Å². The molecule has 2 saturated heterocycles. The van der Waals surface area contributed by atoms with Crippen LogP contribution in [-0.4, -0.2) is 50.3 Å². The molecular formula is C25H30F2N2O4S. The van der Waals surface area contributed by atoms with Gasteiger partial charge in [-0.1, -0.05) is 25.0 Å². The quantitative estimate of drug-likeness (QED) is 0.616. The summed E-state index contributed by atoms with van der Waals surface area (Å²) in [6.45, 7) is 1.01. The van der Waals surface area contributed by atoms with Gasteiger partial charge in [0.25, 0.3) is 0 Å². The Hall–Kier alpha value is -2.52. The number of halogens is 2. The van der Waals surface area contributed by atoms with Crippen molar-refractivity contribution in [3.05, 3.63) is 59.7 Å². The zero-order valence-corrected chi connectivity index (χ0v) is 20.1. The maximum Gasteiger partial charge on any atom is 0.243 e. The molecule has 0 spiro atoms. The maximum absolute atomic E-state index is 13.6. The summed E-state index contributed by atoms with van der Waals surface area (Å²) >= 11 is 0. The van der Waals surface area contributed by atoms with Crippen molar-refractivity contribution in [1.29, 1.82) is 0 Å². The second kappa shape index (κ2) is 10.4. The molecule has 0 saturated carbocycles. The lowest BCUT2D eigenvalue weighted by atomic mass is 9.94. The first-order valence-corrected chi connectivity index (χ1v) is 13.1. The highest BCUT2D eigenvalue weighted by molar-refractivity contribution is 7.89. The lowest BCUT2D eigenvalue weighted by Crippen LogP contribution is -2.45. The summed E-state index contributed by atoms with van der Waals surface area (Å²) in [6.07, 6.45) is 4.75. The number of amides is 1. The van der Waals surface area contributed by atoms with Gasteiger partial charge in [0.1, 0.15) is 5.75 Å². The summed E-state index contributed by atoms with van der Waals surface area (Å²) in [5.74, 6) is -1.73. The summed E-state index contributed by atoms with van der Waals surface area (Å²) in [7, 11) is -2.33. The van der Waals surface area contributed by atoms with Crippen molar-refractivity contribution >= 4 is 15.9 Å². The number of likely N-dealkylation sites (tertiary alicyclic amines) is 1. The number of methoxy groups -OCH3 is 1. The van der Waals surface area contributed by atoms with Crippen molar-refractivity contribution < 1.29 is 26.7 Å². The van der Waals surface area contributed by atoms with Crippen LogP contribution in [0.3, 0.4) is 0 Å². The number of sulfonamides is 1. The highest BCUT2D eigenvalue weighted by atomic mass is 32.2. The maximum atomic E-state index is 13.6. The van der Waals surface area contributed by atoms with Crippen LogP contribution in [0.1, 0.15) is 50.1 Å². The highest BCUT2D eigenvalue weighted by Crippen LogP contribution is 2.34. The van der Waals surface area contributed by atoms with Crippen LogP contribution in [-0.2, 0) is 14.8 Å². The fraction of sp³-hybridized carbons (Fsp3) is 0.480. The topological polar surface area (TPSA) is 66.9 Å². The Morgan fingerprint density at radius 3 is 2.26 bits per heavy atom. The monoisotopic (exact) mass is 492 g/mol. The average molecular weight is 493 g/mol. The van der Waals surface area contributed by atoms with E-state index in [4.69, 9.17) is 4.74 Å². The lowest BCUT2D eigenvalue weighted by Gasteiger charge is -2.37. The van der Waals surface area contributed by atoms with Crippen molar-refractivity contribution in [3.8, 4) is 5.75 Å². The van der Waals surface area contributed by atoms with Crippen LogP contribution in [0.25, 0.3) is 0 Å². The number of ether oxygens (including phenoxy) is 1. The first-order valence-electron chi connectivity index (χ1n) is 11.7. The number of benzene rings is 2. The van der Waals surface area contributed by atoms with Crippen LogP contribution in [0, 0.1) is 17.6 Å². The summed E-state index contributed by atoms with van der Waals surface area (Å²) in [4.78, 5) is 15.3. The van der Waals surface area contributed by atoms with Crippen molar-refractivity contribution in [3.63, 3.8) is 0 Å². The fourth-order valence-corrected chi connectivity index (χ4v) is 6.39. The van der Waals surface area contributed by atoms with Crippen molar-refractivity contribution in [2.24, 2.45) is 5.92 Å². The largest absolute Gasteiger partial charge is 0.497 e. The van der Waals surface area contributed by atoms with Crippen LogP contribution >= 0.6 is 0 Å². The molecule has 1 atom stereocenters. The van der Waals surface area contributed by atoms with E-state index in [0.717, 1.165) is 49.1 Å². The minimum absolute atomic E-state index is 0.00939. The third-order valence-electron chi connectivity index (χ3n) is 6.87. The molecule has 0 bridgehead atoms. The molecule has 0 radical (unpaired) electrons. The minimum Gasteiger partial charge on any atom is -0.497 e. The molecule has 0 aromatic heterocycles. The van der Waals surface area contributed by atoms with E-state index in [0.29, 0.717) is 25.5 Å². The Labute approximate surface area is 199 Å². The molecule has 2 heterocycles. The van der Waals surface area contributed by atoms with Crippen LogP contribution in [0.4, 0.5) is 8.78 Å². The van der Waals surface area contributed by atoms with Crippen LogP contribution in [0.2, 0.25) is 0 Å². The number of hydrogen-bond acceptors (Lipinski definition) is 4. The molecule has 1 amide bonds. The van der Waals surface area contributed by atoms with Crippen LogP contribution in [0.15, 0.2) is 47.4 Å². The third kappa shape index (κ3) is 5.10. The van der Waals surface area contributed by atoms with Gasteiger partial charge in [0.05, 0.1) is 18.0 Å². The molecule has 4 rings (SSSR count). The Morgan fingerprint density at radius 2 is 1.62 bits per heavy atom. The van der Waals surface area contributed by atoms with E-state index in [1.165, 1.54) is 4.31 Å². The van der Waals surface area contributed by atoms with Gasteiger partial charge >= 0.3 is 0 Å². The molecule has 34 heavy (non-hydrogen) atoms. The molecule has 2 aromatic carbocycles. The summed E-state index contributed by atoms with van der Waals surface area (Å²) < 4.78 is 59.1. The molecule has 2 aliphatic rings. The van der Waals surface area contributed by atoms with Crippen LogP contribution < -0.4 is 4.74 Å². The van der Waals surface area contributed by atoms with Gasteiger partial charge in [-0.25, -0.2) is 17.2 Å². The van der Waals surface area contributed by atoms with E-state index in [9.17, 15) is 22.0 Å². The molecule has 9 heteroatoms. The fourth-order valence-electron chi connectivity index (χ4n) is 4.91. The predicted octanol–water partition coefficient (Wildman–Crippen LogP) is 4.52. The predicted molar refractivity (Wildman–Crippen MR) is 124 cm³/mol. The van der Waals surface area contributed by atoms with E-state index in [1.54, 1.807) is 7.11 Å². The zero-order valence-electron chi connectivity index (χ0n) is 19.3. The number of rotatable bonds is 5. The van der Waals surface area contributed by atoms with Gasteiger partial charge in [0.2, 0.25) is 15.9 Å². The Morgan fingerprint density at radius 1 is 0.912 bits per heavy atom. The first-order chi connectivity index (χ1) is 16.3. The van der Waals surface area contributed by atoms with E-state index in [1.807, 2.05) is 29.2 Å². The van der Waals surface area contributed by atoms with Gasteiger partial charge in [-0.15, -0.1) is 0 Å². The van der Waals surface area contributed by atoms with E-state index in [-0.39, 0.29) is 35.9 Å². The molecule has 184 valence electrons. The average Bonchev–Trinajstić information content (AvgIpc) is 3.11. The molecule has 0 aliphatic carbocycles. The number of nitrogens with zero attached hydrogens (tertiary/aromatic N) is 2. The van der Waals surface area contributed by atoms with E-state index >= 15 is 0 Å². The number of carbonyl (C=O) groups excluding carboxylic acids is 1. The molecule has 6 nitrogen and oxygen atoms in total. The van der Waals surface area contributed by atoms with Gasteiger partial charge in [-0.05, 0) is 61.6 Å². The number of carbonyl (C=O) groups is 1. The first kappa shape index (κ1) is 24.6. The normalized spacial score (nSPS) is 20.7. The standard InChI is InChI=1S/C25H30F2N2O4S/c1-33-20-8-6-18(7-9-20)24-5-3-2-4-14-29(24)25(30)19-12-15-28(16-13-19)34(31,32)21-10-11-22(26)23(27)17-21/h6-11,17,19,24H,2-5,12-16H2,1H3/t24-/m1/s1. The highest BCUT2D eigenvalue weighted by Gasteiger charge is 2.36. The number of piperidine rings is 1. The number of hydrogen-bond donors (Lipinski definition) is 0. The summed E-state index contributed by atoms with van der Waals surface area (Å²) in [6, 6.07) is 10.4. The van der Waals surface area contributed by atoms with E-state index < -0.39 is 21.7 Å². The Kier molecular flexibility index (Phi) is 7.52. The summed E-state index contributed by atoms with van der Waals surface area (Å²) in [5, 5.41) is 0. The Balaban J connectivity index is 1.46. The van der Waals surface area contributed by atoms with Gasteiger partial charge in [-0.3, -0.25) is 4.79 Å². The minimum atomic E-state index is -3.95. The second-order valence-corrected chi connectivity index (χ2v) is 10.9. The van der Waals surface area contributed by atoms with E-state index in [2.05, 4.69) is 0 Å². The molecule has 2 aliphatic heterocycles.